The first-order valence-corrected chi connectivity index (χ1v) is 8.01. The van der Waals surface area contributed by atoms with Crippen LogP contribution in [0.3, 0.4) is 0 Å². The Kier molecular flexibility index (Phi) is 12.4. The van der Waals surface area contributed by atoms with E-state index in [0.717, 1.165) is 0 Å². The Hall–Kier alpha value is -0.690. The summed E-state index contributed by atoms with van der Waals surface area (Å²) in [6.07, 6.45) is 0.529. The SMILES string of the molecule is CC(C)C(C)(C)CC(=O)NCCOCCOCCOCCO. The molecule has 0 aromatic carbocycles. The zero-order valence-corrected chi connectivity index (χ0v) is 14.5. The molecule has 22 heavy (non-hydrogen) atoms. The predicted molar refractivity (Wildman–Crippen MR) is 85.8 cm³/mol. The number of aliphatic hydroxyl groups is 1. The quantitative estimate of drug-likeness (QED) is 0.471. The van der Waals surface area contributed by atoms with Crippen molar-refractivity contribution in [3.8, 4) is 0 Å². The predicted octanol–water partition coefficient (Wildman–Crippen LogP) is 1.22. The van der Waals surface area contributed by atoms with Crippen LogP contribution in [0.25, 0.3) is 0 Å². The second-order valence-electron chi connectivity index (χ2n) is 6.23. The number of hydrogen-bond donors (Lipinski definition) is 2. The fourth-order valence-electron chi connectivity index (χ4n) is 1.55. The molecule has 0 bridgehead atoms. The minimum atomic E-state index is 0.0108. The van der Waals surface area contributed by atoms with Crippen LogP contribution in [-0.2, 0) is 19.0 Å². The van der Waals surface area contributed by atoms with Gasteiger partial charge in [0.15, 0.2) is 0 Å². The van der Waals surface area contributed by atoms with Gasteiger partial charge in [-0.2, -0.15) is 0 Å². The highest BCUT2D eigenvalue weighted by Gasteiger charge is 2.25. The van der Waals surface area contributed by atoms with Gasteiger partial charge in [-0.3, -0.25) is 4.79 Å². The second-order valence-corrected chi connectivity index (χ2v) is 6.23. The van der Waals surface area contributed by atoms with Crippen LogP contribution in [0.15, 0.2) is 0 Å². The molecule has 6 heteroatoms. The molecule has 0 aliphatic heterocycles. The van der Waals surface area contributed by atoms with E-state index in [1.165, 1.54) is 0 Å². The number of rotatable bonds is 14. The molecule has 0 aliphatic rings. The summed E-state index contributed by atoms with van der Waals surface area (Å²) < 4.78 is 15.7. The molecule has 2 N–H and O–H groups in total. The minimum Gasteiger partial charge on any atom is -0.394 e. The summed E-state index contributed by atoms with van der Waals surface area (Å²) in [6, 6.07) is 0. The summed E-state index contributed by atoms with van der Waals surface area (Å²) in [5.41, 5.74) is 0.0108. The topological polar surface area (TPSA) is 77.0 Å². The maximum absolute atomic E-state index is 11.8. The summed E-state index contributed by atoms with van der Waals surface area (Å²) in [6.45, 7) is 11.8. The standard InChI is InChI=1S/C16H33NO5/c1-14(2)16(3,4)13-15(19)17-5-7-20-9-11-22-12-10-21-8-6-18/h14,18H,5-13H2,1-4H3,(H,17,19). The van der Waals surface area contributed by atoms with E-state index in [9.17, 15) is 4.79 Å². The fraction of sp³-hybridized carbons (Fsp3) is 0.938. The zero-order chi connectivity index (χ0) is 16.8. The van der Waals surface area contributed by atoms with Crippen LogP contribution in [0.5, 0.6) is 0 Å². The third-order valence-corrected chi connectivity index (χ3v) is 3.73. The maximum atomic E-state index is 11.8. The molecule has 6 nitrogen and oxygen atoms in total. The molecule has 132 valence electrons. The van der Waals surface area contributed by atoms with E-state index >= 15 is 0 Å². The molecule has 0 spiro atoms. The minimum absolute atomic E-state index is 0.0108. The molecule has 0 aromatic rings. The van der Waals surface area contributed by atoms with Crippen LogP contribution in [0.1, 0.15) is 34.1 Å². The number of carbonyl (C=O) groups is 1. The Morgan fingerprint density at radius 1 is 1.00 bits per heavy atom. The Bertz CT molecular complexity index is 282. The average Bonchev–Trinajstić information content (AvgIpc) is 2.44. The fourth-order valence-corrected chi connectivity index (χ4v) is 1.55. The zero-order valence-electron chi connectivity index (χ0n) is 14.5. The summed E-state index contributed by atoms with van der Waals surface area (Å²) in [5, 5.41) is 11.4. The first kappa shape index (κ1) is 21.3. The van der Waals surface area contributed by atoms with E-state index in [0.29, 0.717) is 58.5 Å². The monoisotopic (exact) mass is 319 g/mol. The normalized spacial score (nSPS) is 11.9. The molecule has 1 amide bonds. The highest BCUT2D eigenvalue weighted by Crippen LogP contribution is 2.29. The number of amides is 1. The van der Waals surface area contributed by atoms with Crippen molar-refractivity contribution in [2.45, 2.75) is 34.1 Å². The number of hydrogen-bond acceptors (Lipinski definition) is 5. The number of carbonyl (C=O) groups excluding carboxylic acids is 1. The van der Waals surface area contributed by atoms with Crippen LogP contribution in [-0.4, -0.2) is 63.8 Å². The van der Waals surface area contributed by atoms with Crippen LogP contribution in [0, 0.1) is 11.3 Å². The lowest BCUT2D eigenvalue weighted by atomic mass is 9.78. The third kappa shape index (κ3) is 11.9. The molecular formula is C16H33NO5. The first-order chi connectivity index (χ1) is 10.4. The van der Waals surface area contributed by atoms with Crippen molar-refractivity contribution in [3.05, 3.63) is 0 Å². The molecule has 0 saturated carbocycles. The van der Waals surface area contributed by atoms with Gasteiger partial charge < -0.3 is 24.6 Å². The Morgan fingerprint density at radius 3 is 2.00 bits per heavy atom. The number of nitrogens with one attached hydrogen (secondary N) is 1. The van der Waals surface area contributed by atoms with Gasteiger partial charge in [0.2, 0.25) is 5.91 Å². The molecule has 0 aromatic heterocycles. The Labute approximate surface area is 134 Å². The smallest absolute Gasteiger partial charge is 0.220 e. The average molecular weight is 319 g/mol. The number of aliphatic hydroxyl groups excluding tert-OH is 1. The van der Waals surface area contributed by atoms with E-state index in [1.807, 2.05) is 0 Å². The van der Waals surface area contributed by atoms with Crippen molar-refractivity contribution in [1.29, 1.82) is 0 Å². The molecule has 0 heterocycles. The third-order valence-electron chi connectivity index (χ3n) is 3.73. The van der Waals surface area contributed by atoms with E-state index in [1.54, 1.807) is 0 Å². The van der Waals surface area contributed by atoms with Crippen LogP contribution >= 0.6 is 0 Å². The Balaban J connectivity index is 3.37. The molecule has 0 fully saturated rings. The lowest BCUT2D eigenvalue weighted by Crippen LogP contribution is -2.33. The largest absolute Gasteiger partial charge is 0.394 e. The van der Waals surface area contributed by atoms with Crippen molar-refractivity contribution in [2.75, 3.05) is 52.8 Å². The van der Waals surface area contributed by atoms with Gasteiger partial charge in [-0.1, -0.05) is 27.7 Å². The highest BCUT2D eigenvalue weighted by molar-refractivity contribution is 5.76. The Morgan fingerprint density at radius 2 is 1.50 bits per heavy atom. The van der Waals surface area contributed by atoms with Gasteiger partial charge in [-0.25, -0.2) is 0 Å². The van der Waals surface area contributed by atoms with Crippen LogP contribution < -0.4 is 5.32 Å². The maximum Gasteiger partial charge on any atom is 0.220 e. The summed E-state index contributed by atoms with van der Waals surface area (Å²) in [5.74, 6) is 0.535. The molecule has 0 radical (unpaired) electrons. The first-order valence-electron chi connectivity index (χ1n) is 8.01. The molecule has 0 saturated heterocycles. The molecule has 0 aliphatic carbocycles. The molecule has 0 rings (SSSR count). The molecule has 0 atom stereocenters. The van der Waals surface area contributed by atoms with Gasteiger partial charge in [0.25, 0.3) is 0 Å². The highest BCUT2D eigenvalue weighted by atomic mass is 16.5. The van der Waals surface area contributed by atoms with Gasteiger partial charge in [-0.15, -0.1) is 0 Å². The summed E-state index contributed by atoms with van der Waals surface area (Å²) in [4.78, 5) is 11.8. The lowest BCUT2D eigenvalue weighted by Gasteiger charge is -2.28. The van der Waals surface area contributed by atoms with Gasteiger partial charge in [0.05, 0.1) is 46.2 Å². The molecule has 0 unspecified atom stereocenters. The van der Waals surface area contributed by atoms with Crippen LogP contribution in [0.4, 0.5) is 0 Å². The second kappa shape index (κ2) is 12.8. The summed E-state index contributed by atoms with van der Waals surface area (Å²) >= 11 is 0. The van der Waals surface area contributed by atoms with Gasteiger partial charge >= 0.3 is 0 Å². The lowest BCUT2D eigenvalue weighted by molar-refractivity contribution is -0.123. The van der Waals surface area contributed by atoms with Crippen molar-refractivity contribution >= 4 is 5.91 Å². The van der Waals surface area contributed by atoms with E-state index in [-0.39, 0.29) is 17.9 Å². The van der Waals surface area contributed by atoms with Crippen molar-refractivity contribution in [2.24, 2.45) is 11.3 Å². The van der Waals surface area contributed by atoms with Crippen molar-refractivity contribution in [1.82, 2.24) is 5.32 Å². The van der Waals surface area contributed by atoms with Crippen molar-refractivity contribution < 1.29 is 24.1 Å². The molecular weight excluding hydrogens is 286 g/mol. The summed E-state index contributed by atoms with van der Waals surface area (Å²) in [7, 11) is 0. The van der Waals surface area contributed by atoms with Gasteiger partial charge in [0, 0.05) is 13.0 Å². The van der Waals surface area contributed by atoms with E-state index in [2.05, 4.69) is 33.0 Å². The van der Waals surface area contributed by atoms with E-state index in [4.69, 9.17) is 19.3 Å². The van der Waals surface area contributed by atoms with Crippen molar-refractivity contribution in [3.63, 3.8) is 0 Å². The van der Waals surface area contributed by atoms with Crippen LogP contribution in [0.2, 0.25) is 0 Å². The van der Waals surface area contributed by atoms with Gasteiger partial charge in [0.1, 0.15) is 0 Å². The van der Waals surface area contributed by atoms with E-state index < -0.39 is 0 Å². The van der Waals surface area contributed by atoms with Gasteiger partial charge in [-0.05, 0) is 11.3 Å². The number of ether oxygens (including phenoxy) is 3.